The van der Waals surface area contributed by atoms with Gasteiger partial charge in [0.25, 0.3) is 0 Å². The summed E-state index contributed by atoms with van der Waals surface area (Å²) in [6.45, 7) is 11.5. The summed E-state index contributed by atoms with van der Waals surface area (Å²) in [6.07, 6.45) is -5.72. The van der Waals surface area contributed by atoms with Crippen molar-refractivity contribution in [2.24, 2.45) is 10.9 Å². The summed E-state index contributed by atoms with van der Waals surface area (Å²) < 4.78 is 33.9. The summed E-state index contributed by atoms with van der Waals surface area (Å²) in [7, 11) is -0.276. The maximum absolute atomic E-state index is 13.0. The first kappa shape index (κ1) is 38.5. The smallest absolute Gasteiger partial charge is 0.436 e. The van der Waals surface area contributed by atoms with Crippen molar-refractivity contribution >= 4 is 38.4 Å². The number of rotatable bonds is 11. The van der Waals surface area contributed by atoms with Crippen LogP contribution in [0.5, 0.6) is 0 Å². The summed E-state index contributed by atoms with van der Waals surface area (Å²) in [4.78, 5) is 42.9. The van der Waals surface area contributed by atoms with Crippen molar-refractivity contribution in [3.63, 3.8) is 0 Å². The number of nitrogens with one attached hydrogen (secondary N) is 3. The van der Waals surface area contributed by atoms with Gasteiger partial charge < -0.3 is 18.9 Å². The number of para-hydroxylation sites is 1. The second kappa shape index (κ2) is 17.4. The predicted octanol–water partition coefficient (Wildman–Crippen LogP) is 5.62. The van der Waals surface area contributed by atoms with E-state index in [1.807, 2.05) is 6.07 Å². The van der Waals surface area contributed by atoms with Gasteiger partial charge in [0.2, 0.25) is 11.8 Å². The molecule has 0 spiro atoms. The van der Waals surface area contributed by atoms with Crippen LogP contribution >= 0.6 is 8.46 Å². The van der Waals surface area contributed by atoms with Gasteiger partial charge in [0.15, 0.2) is 20.8 Å². The fourth-order valence-corrected chi connectivity index (χ4v) is 4.46. The highest BCUT2D eigenvalue weighted by Gasteiger charge is 2.36. The number of hydrogen-bond donors (Lipinski definition) is 4. The van der Waals surface area contributed by atoms with Gasteiger partial charge in [-0.15, -0.1) is 10.2 Å². The van der Waals surface area contributed by atoms with Gasteiger partial charge in [0.1, 0.15) is 17.8 Å². The fraction of sp³-hybridized carbons (Fsp3) is 0.452. The van der Waals surface area contributed by atoms with Crippen LogP contribution in [0.4, 0.5) is 20.1 Å². The summed E-state index contributed by atoms with van der Waals surface area (Å²) in [5.74, 6) is -1.12. The van der Waals surface area contributed by atoms with E-state index in [0.717, 1.165) is 0 Å². The number of nitrogens with zero attached hydrogens (tertiary/aromatic N) is 5. The van der Waals surface area contributed by atoms with Crippen LogP contribution in [0, 0.1) is 5.92 Å². The number of H-pyrrole nitrogens is 1. The van der Waals surface area contributed by atoms with Gasteiger partial charge in [0.05, 0.1) is 5.69 Å². The molecule has 0 aliphatic heterocycles. The molecule has 0 aliphatic rings. The Labute approximate surface area is 284 Å². The van der Waals surface area contributed by atoms with E-state index >= 15 is 0 Å². The molecule has 0 radical (unpaired) electrons. The van der Waals surface area contributed by atoms with Crippen LogP contribution in [0.1, 0.15) is 71.5 Å². The van der Waals surface area contributed by atoms with E-state index in [0.29, 0.717) is 5.56 Å². The number of aliphatic imine (C=N–C) groups is 1. The maximum atomic E-state index is 13.0. The third-order valence-electron chi connectivity index (χ3n) is 6.04. The van der Waals surface area contributed by atoms with E-state index in [1.54, 1.807) is 97.0 Å². The molecule has 18 heteroatoms. The zero-order valence-corrected chi connectivity index (χ0v) is 29.1. The molecule has 4 N–H and O–H groups in total. The Morgan fingerprint density at radius 2 is 1.55 bits per heavy atom. The van der Waals surface area contributed by atoms with Gasteiger partial charge in [-0.1, -0.05) is 60.7 Å². The lowest BCUT2D eigenvalue weighted by atomic mass is 10.1. The minimum absolute atomic E-state index is 0.0176. The van der Waals surface area contributed by atoms with Gasteiger partial charge in [-0.05, 0) is 53.2 Å². The first-order chi connectivity index (χ1) is 23.1. The molecule has 3 amide bonds. The molecule has 3 rings (SSSR count). The number of alkyl carbamates (subject to hydrolysis) is 2. The molecule has 2 aromatic carbocycles. The van der Waals surface area contributed by atoms with Crippen LogP contribution in [0.2, 0.25) is 0 Å². The summed E-state index contributed by atoms with van der Waals surface area (Å²) >= 11 is 0. The summed E-state index contributed by atoms with van der Waals surface area (Å²) in [5, 5.41) is 30.2. The monoisotopic (exact) mass is 700 g/mol. The Kier molecular flexibility index (Phi) is 13.7. The Morgan fingerprint density at radius 3 is 2.10 bits per heavy atom. The quantitative estimate of drug-likeness (QED) is 0.0364. The molecule has 3 atom stereocenters. The first-order valence-electron chi connectivity index (χ1n) is 15.1. The first-order valence-corrected chi connectivity index (χ1v) is 16.1. The number of amides is 3. The average Bonchev–Trinajstić information content (AvgIpc) is 3.54. The molecule has 3 aromatic rings. The highest BCUT2D eigenvalue weighted by Crippen LogP contribution is 2.34. The van der Waals surface area contributed by atoms with Crippen LogP contribution in [0.3, 0.4) is 0 Å². The van der Waals surface area contributed by atoms with E-state index in [9.17, 15) is 24.2 Å². The van der Waals surface area contributed by atoms with Gasteiger partial charge >= 0.3 is 18.3 Å². The molecule has 0 bridgehead atoms. The Balaban J connectivity index is 2.03. The number of guanidine groups is 1. The molecule has 1 heterocycles. The molecule has 264 valence electrons. The van der Waals surface area contributed by atoms with Gasteiger partial charge in [0, 0.05) is 17.6 Å². The maximum Gasteiger partial charge on any atom is 0.436 e. The highest BCUT2D eigenvalue weighted by atomic mass is 31.1. The molecular weight excluding hydrogens is 659 g/mol. The van der Waals surface area contributed by atoms with Crippen LogP contribution in [0.25, 0.3) is 0 Å². The third-order valence-corrected chi connectivity index (χ3v) is 6.77. The second-order valence-corrected chi connectivity index (χ2v) is 13.2. The molecule has 0 saturated heterocycles. The van der Waals surface area contributed by atoms with Crippen molar-refractivity contribution in [3.05, 3.63) is 71.5 Å². The predicted molar refractivity (Wildman–Crippen MR) is 175 cm³/mol. The summed E-state index contributed by atoms with van der Waals surface area (Å²) in [6, 6.07) is 15.2. The van der Waals surface area contributed by atoms with Gasteiger partial charge in [-0.3, -0.25) is 20.4 Å². The Bertz CT molecular complexity index is 1550. The highest BCUT2D eigenvalue weighted by molar-refractivity contribution is 7.23. The number of carbonyl (C=O) groups excluding carboxylic acids is 3. The fourth-order valence-electron chi connectivity index (χ4n) is 4.04. The number of tetrazole rings is 1. The minimum Gasteiger partial charge on any atom is -0.444 e. The largest absolute Gasteiger partial charge is 0.444 e. The average molecular weight is 701 g/mol. The zero-order valence-electron chi connectivity index (χ0n) is 28.2. The number of carbonyl (C=O) groups is 3. The van der Waals surface area contributed by atoms with E-state index in [-0.39, 0.29) is 49.3 Å². The molecule has 0 fully saturated rings. The molecule has 0 aliphatic carbocycles. The van der Waals surface area contributed by atoms with Crippen molar-refractivity contribution in [1.29, 1.82) is 0 Å². The lowest BCUT2D eigenvalue weighted by molar-refractivity contribution is -0.220. The molecule has 17 nitrogen and oxygen atoms in total. The molecular formula is C31H41N8O9P. The van der Waals surface area contributed by atoms with E-state index in [1.165, 1.54) is 0 Å². The standard InChI is InChI=1S/C31H41N8O9P/c1-19(18-49-44)25(39(43)29(42)45-17-20-13-9-8-10-14-20)46-23(24-35-37-38-36-24)21-15-11-12-16-22(21)32-26(33-27(40)47-30(2,3)4)34-28(41)48-31(5,6)7/h8-16,19,23,25,43H,17-18H2,1-7H3,(H,35,36,37,38)(H2,32,33,34,40,41). The van der Waals surface area contributed by atoms with Gasteiger partial charge in [-0.25, -0.2) is 19.4 Å². The topological polar surface area (TPSA) is 220 Å². The normalized spacial score (nSPS) is 13.4. The van der Waals surface area contributed by atoms with Crippen molar-refractivity contribution in [2.45, 2.75) is 78.6 Å². The van der Waals surface area contributed by atoms with Crippen LogP contribution in [-0.2, 0) is 30.1 Å². The molecule has 3 unspecified atom stereocenters. The van der Waals surface area contributed by atoms with Crippen molar-refractivity contribution in [1.82, 2.24) is 36.3 Å². The Morgan fingerprint density at radius 1 is 0.959 bits per heavy atom. The molecule has 0 saturated carbocycles. The van der Waals surface area contributed by atoms with Crippen molar-refractivity contribution in [2.75, 3.05) is 6.16 Å². The molecule has 1 aromatic heterocycles. The molecule has 49 heavy (non-hydrogen) atoms. The van der Waals surface area contributed by atoms with Crippen molar-refractivity contribution < 1.29 is 43.1 Å². The minimum atomic E-state index is -1.45. The second-order valence-electron chi connectivity index (χ2n) is 12.6. The summed E-state index contributed by atoms with van der Waals surface area (Å²) in [5.41, 5.74) is -0.681. The zero-order chi connectivity index (χ0) is 36.2. The van der Waals surface area contributed by atoms with Crippen LogP contribution in [0.15, 0.2) is 59.6 Å². The van der Waals surface area contributed by atoms with Crippen LogP contribution < -0.4 is 10.6 Å². The van der Waals surface area contributed by atoms with Crippen molar-refractivity contribution in [3.8, 4) is 0 Å². The van der Waals surface area contributed by atoms with Crippen LogP contribution in [-0.4, -0.2) is 78.7 Å². The van der Waals surface area contributed by atoms with E-state index < -0.39 is 47.7 Å². The van der Waals surface area contributed by atoms with Gasteiger partial charge in [-0.2, -0.15) is 10.3 Å². The number of hydroxylamine groups is 2. The lowest BCUT2D eigenvalue weighted by Crippen LogP contribution is -2.47. The number of benzene rings is 2. The van der Waals surface area contributed by atoms with E-state index in [2.05, 4.69) is 36.3 Å². The number of aromatic amines is 1. The Hall–Kier alpha value is -4.99. The SMILES string of the molecule is CC(CP=O)C(OC(c1nn[nH]n1)c1ccccc1N=C(NC(=O)OC(C)(C)C)NC(=O)OC(C)(C)C)N(O)C(=O)OCc1ccccc1. The number of aromatic nitrogens is 4. The number of hydrogen-bond acceptors (Lipinski definition) is 13. The lowest BCUT2D eigenvalue weighted by Gasteiger charge is -2.32. The number of ether oxygens (including phenoxy) is 4. The van der Waals surface area contributed by atoms with E-state index in [4.69, 9.17) is 18.9 Å². The third kappa shape index (κ3) is 12.9.